The van der Waals surface area contributed by atoms with Crippen molar-refractivity contribution in [2.24, 2.45) is 0 Å². The maximum absolute atomic E-state index is 11.2. The summed E-state index contributed by atoms with van der Waals surface area (Å²) < 4.78 is 11.2. The third kappa shape index (κ3) is 7.38. The molecule has 0 amide bonds. The van der Waals surface area contributed by atoms with E-state index in [9.17, 15) is 4.79 Å². The second-order valence-corrected chi connectivity index (χ2v) is 6.01. The highest BCUT2D eigenvalue weighted by Gasteiger charge is 2.16. The maximum Gasteiger partial charge on any atom is 0.315 e. The molecule has 1 rings (SSSR count). The van der Waals surface area contributed by atoms with Gasteiger partial charge in [0.15, 0.2) is 0 Å². The third-order valence-electron chi connectivity index (χ3n) is 2.20. The summed E-state index contributed by atoms with van der Waals surface area (Å²) in [6.45, 7) is 2.15. The van der Waals surface area contributed by atoms with Gasteiger partial charge in [0.25, 0.3) is 4.77 Å². The molecule has 0 spiro atoms. The van der Waals surface area contributed by atoms with Crippen LogP contribution >= 0.6 is 23.5 Å². The van der Waals surface area contributed by atoms with Crippen LogP contribution in [0.2, 0.25) is 0 Å². The fourth-order valence-corrected chi connectivity index (χ4v) is 3.19. The molecule has 0 unspecified atom stereocenters. The van der Waals surface area contributed by atoms with Crippen molar-refractivity contribution in [2.75, 3.05) is 18.6 Å². The van der Waals surface area contributed by atoms with E-state index < -0.39 is 0 Å². The van der Waals surface area contributed by atoms with Crippen LogP contribution in [-0.2, 0) is 9.53 Å². The number of rotatable bonds is 9. The molecule has 19 heavy (non-hydrogen) atoms. The quantitative estimate of drug-likeness (QED) is 0.509. The van der Waals surface area contributed by atoms with Gasteiger partial charge in [-0.05, 0) is 24.3 Å². The molecule has 0 aliphatic rings. The molecule has 0 aromatic heterocycles. The van der Waals surface area contributed by atoms with Crippen molar-refractivity contribution >= 4 is 29.5 Å². The average Bonchev–Trinajstić information content (AvgIpc) is 2.45. The van der Waals surface area contributed by atoms with Crippen molar-refractivity contribution in [1.29, 1.82) is 0 Å². The largest absolute Gasteiger partial charge is 0.468 e. The fourth-order valence-electron chi connectivity index (χ4n) is 1.16. The molecule has 0 saturated heterocycles. The molecule has 0 atom stereocenters. The summed E-state index contributed by atoms with van der Waals surface area (Å²) in [6, 6.07) is 9.60. The third-order valence-corrected chi connectivity index (χ3v) is 4.42. The number of hydrogen-bond acceptors (Lipinski definition) is 5. The SMILES string of the molecule is CCCCS[C](Oc1ccccc1)SCC(=O)OC. The van der Waals surface area contributed by atoms with E-state index in [2.05, 4.69) is 11.7 Å². The van der Waals surface area contributed by atoms with Gasteiger partial charge in [-0.15, -0.1) is 0 Å². The minimum atomic E-state index is -0.241. The van der Waals surface area contributed by atoms with Crippen molar-refractivity contribution in [2.45, 2.75) is 19.8 Å². The van der Waals surface area contributed by atoms with Gasteiger partial charge in [-0.1, -0.05) is 55.1 Å². The van der Waals surface area contributed by atoms with Crippen molar-refractivity contribution in [3.05, 3.63) is 35.1 Å². The highest BCUT2D eigenvalue weighted by atomic mass is 32.2. The number of thioether (sulfide) groups is 2. The van der Waals surface area contributed by atoms with E-state index in [0.29, 0.717) is 0 Å². The van der Waals surface area contributed by atoms with E-state index in [1.165, 1.54) is 18.9 Å². The Morgan fingerprint density at radius 3 is 2.58 bits per heavy atom. The number of unbranched alkanes of at least 4 members (excludes halogenated alkanes) is 1. The zero-order valence-electron chi connectivity index (χ0n) is 11.3. The Morgan fingerprint density at radius 2 is 1.95 bits per heavy atom. The zero-order chi connectivity index (χ0) is 13.9. The number of carbonyl (C=O) groups excluding carboxylic acids is 1. The molecule has 0 heterocycles. The minimum Gasteiger partial charge on any atom is -0.468 e. The van der Waals surface area contributed by atoms with E-state index in [-0.39, 0.29) is 11.7 Å². The zero-order valence-corrected chi connectivity index (χ0v) is 12.9. The standard InChI is InChI=1S/C14H19O3S2/c1-3-4-10-18-14(19-11-13(15)16-2)17-12-8-6-5-7-9-12/h5-9H,3-4,10-11H2,1-2H3. The van der Waals surface area contributed by atoms with Crippen LogP contribution in [0, 0.1) is 4.77 Å². The first kappa shape index (κ1) is 16.2. The van der Waals surface area contributed by atoms with Gasteiger partial charge < -0.3 is 9.47 Å². The number of esters is 1. The number of para-hydroxylation sites is 1. The van der Waals surface area contributed by atoms with E-state index in [4.69, 9.17) is 4.74 Å². The summed E-state index contributed by atoms with van der Waals surface area (Å²) in [5.41, 5.74) is 0. The van der Waals surface area contributed by atoms with Gasteiger partial charge in [-0.25, -0.2) is 0 Å². The fraction of sp³-hybridized carbons (Fsp3) is 0.429. The Balaban J connectivity index is 2.46. The van der Waals surface area contributed by atoms with Gasteiger partial charge in [0.1, 0.15) is 5.75 Å². The molecule has 3 nitrogen and oxygen atoms in total. The Bertz CT molecular complexity index is 357. The van der Waals surface area contributed by atoms with Crippen molar-refractivity contribution in [1.82, 2.24) is 0 Å². The normalized spacial score (nSPS) is 10.5. The summed E-state index contributed by atoms with van der Waals surface area (Å²) in [5, 5.41) is 0. The van der Waals surface area contributed by atoms with Gasteiger partial charge in [0.2, 0.25) is 0 Å². The van der Waals surface area contributed by atoms with Crippen LogP contribution in [0.5, 0.6) is 5.75 Å². The second-order valence-electron chi connectivity index (χ2n) is 3.73. The van der Waals surface area contributed by atoms with Gasteiger partial charge in [-0.2, -0.15) is 0 Å². The van der Waals surface area contributed by atoms with E-state index in [0.717, 1.165) is 29.1 Å². The van der Waals surface area contributed by atoms with Crippen LogP contribution in [0.4, 0.5) is 0 Å². The smallest absolute Gasteiger partial charge is 0.315 e. The highest BCUT2D eigenvalue weighted by molar-refractivity contribution is 8.20. The number of carbonyl (C=O) groups is 1. The van der Waals surface area contributed by atoms with Crippen molar-refractivity contribution in [3.63, 3.8) is 0 Å². The highest BCUT2D eigenvalue weighted by Crippen LogP contribution is 2.34. The summed E-state index contributed by atoms with van der Waals surface area (Å²) in [7, 11) is 1.39. The van der Waals surface area contributed by atoms with Gasteiger partial charge in [0, 0.05) is 0 Å². The summed E-state index contributed by atoms with van der Waals surface area (Å²) in [4.78, 5) is 11.2. The first-order chi connectivity index (χ1) is 9.26. The predicted octanol–water partition coefficient (Wildman–Crippen LogP) is 3.95. The lowest BCUT2D eigenvalue weighted by molar-refractivity contribution is -0.137. The molecule has 0 bridgehead atoms. The number of ether oxygens (including phenoxy) is 2. The first-order valence-electron chi connectivity index (χ1n) is 6.18. The molecule has 0 aliphatic carbocycles. The molecule has 0 fully saturated rings. The van der Waals surface area contributed by atoms with Crippen LogP contribution in [0.15, 0.2) is 30.3 Å². The molecule has 0 aliphatic heterocycles. The first-order valence-corrected chi connectivity index (χ1v) is 8.15. The molecule has 1 aromatic carbocycles. The van der Waals surface area contributed by atoms with Crippen LogP contribution in [0.1, 0.15) is 19.8 Å². The Hall–Kier alpha value is -0.810. The molecule has 5 heteroatoms. The molecule has 0 saturated carbocycles. The monoisotopic (exact) mass is 299 g/mol. The number of methoxy groups -OCH3 is 1. The number of hydrogen-bond donors (Lipinski definition) is 0. The summed E-state index contributed by atoms with van der Waals surface area (Å²) >= 11 is 3.03. The van der Waals surface area contributed by atoms with E-state index >= 15 is 0 Å². The lowest BCUT2D eigenvalue weighted by Crippen LogP contribution is -2.08. The van der Waals surface area contributed by atoms with Gasteiger partial charge in [0.05, 0.1) is 12.9 Å². The molecule has 105 valence electrons. The Kier molecular flexibility index (Phi) is 8.58. The lowest BCUT2D eigenvalue weighted by atomic mass is 10.3. The van der Waals surface area contributed by atoms with Crippen molar-refractivity contribution in [3.8, 4) is 5.75 Å². The second kappa shape index (κ2) is 10.0. The number of benzene rings is 1. The van der Waals surface area contributed by atoms with E-state index in [1.807, 2.05) is 30.3 Å². The summed E-state index contributed by atoms with van der Waals surface area (Å²) in [6.07, 6.45) is 2.28. The van der Waals surface area contributed by atoms with Crippen molar-refractivity contribution < 1.29 is 14.3 Å². The van der Waals surface area contributed by atoms with Gasteiger partial charge >= 0.3 is 5.97 Å². The maximum atomic E-state index is 11.2. The molecular formula is C14H19O3S2. The minimum absolute atomic E-state index is 0.241. The predicted molar refractivity (Wildman–Crippen MR) is 82.2 cm³/mol. The van der Waals surface area contributed by atoms with Gasteiger partial charge in [-0.3, -0.25) is 4.79 Å². The van der Waals surface area contributed by atoms with Crippen LogP contribution < -0.4 is 4.74 Å². The summed E-state index contributed by atoms with van der Waals surface area (Å²) in [5.74, 6) is 1.82. The molecule has 1 aromatic rings. The Morgan fingerprint density at radius 1 is 1.21 bits per heavy atom. The molecular weight excluding hydrogens is 280 g/mol. The lowest BCUT2D eigenvalue weighted by Gasteiger charge is -2.15. The van der Waals surface area contributed by atoms with E-state index in [1.54, 1.807) is 11.8 Å². The van der Waals surface area contributed by atoms with Crippen LogP contribution in [0.3, 0.4) is 0 Å². The molecule has 1 radical (unpaired) electrons. The molecule has 0 N–H and O–H groups in total. The van der Waals surface area contributed by atoms with Crippen LogP contribution in [0.25, 0.3) is 0 Å². The Labute approximate surface area is 123 Å². The van der Waals surface area contributed by atoms with Crippen LogP contribution in [-0.4, -0.2) is 24.6 Å². The average molecular weight is 299 g/mol. The topological polar surface area (TPSA) is 35.5 Å².